The second-order valence-corrected chi connectivity index (χ2v) is 9.92. The molecule has 26 heavy (non-hydrogen) atoms. The molecule has 0 aliphatic carbocycles. The highest BCUT2D eigenvalue weighted by Gasteiger charge is 2.18. The summed E-state index contributed by atoms with van der Waals surface area (Å²) >= 11 is 3.02. The van der Waals surface area contributed by atoms with Crippen molar-refractivity contribution in [1.82, 2.24) is 9.71 Å². The zero-order valence-corrected chi connectivity index (χ0v) is 17.2. The van der Waals surface area contributed by atoms with Crippen LogP contribution < -0.4 is 9.46 Å². The summed E-state index contributed by atoms with van der Waals surface area (Å²) in [5.74, 6) is 0.803. The fraction of sp³-hybridized carbons (Fsp3) is 0.278. The number of benzene rings is 1. The fourth-order valence-electron chi connectivity index (χ4n) is 2.56. The second kappa shape index (κ2) is 7.87. The smallest absolute Gasteiger partial charge is 0.241 e. The molecular formula is C18H20N2O3S3. The van der Waals surface area contributed by atoms with Crippen molar-refractivity contribution >= 4 is 32.7 Å². The average Bonchev–Trinajstić information content (AvgIpc) is 3.21. The number of sulfonamides is 1. The van der Waals surface area contributed by atoms with Crippen LogP contribution in [0.2, 0.25) is 0 Å². The van der Waals surface area contributed by atoms with Gasteiger partial charge in [0.15, 0.2) is 0 Å². The lowest BCUT2D eigenvalue weighted by Crippen LogP contribution is -2.26. The summed E-state index contributed by atoms with van der Waals surface area (Å²) < 4.78 is 32.7. The predicted molar refractivity (Wildman–Crippen MR) is 107 cm³/mol. The molecule has 2 aromatic heterocycles. The summed E-state index contributed by atoms with van der Waals surface area (Å²) in [7, 11) is -1.84. The molecule has 3 aromatic rings. The zero-order valence-electron chi connectivity index (χ0n) is 14.8. The van der Waals surface area contributed by atoms with Gasteiger partial charge in [0.2, 0.25) is 10.0 Å². The largest absolute Gasteiger partial charge is 0.497 e. The van der Waals surface area contributed by atoms with Crippen LogP contribution in [-0.4, -0.2) is 27.1 Å². The van der Waals surface area contributed by atoms with E-state index in [1.165, 1.54) is 22.7 Å². The fourth-order valence-corrected chi connectivity index (χ4v) is 5.96. The number of thiazole rings is 1. The molecule has 0 unspecified atom stereocenters. The molecule has 1 aromatic carbocycles. The highest BCUT2D eigenvalue weighted by molar-refractivity contribution is 7.89. The van der Waals surface area contributed by atoms with Crippen LogP contribution in [0, 0.1) is 13.8 Å². The monoisotopic (exact) mass is 408 g/mol. The standard InChI is InChI=1S/C18H20N2O3S3/c1-12-10-17(13(2)25-12)26(21,22)19-9-8-18-20-16(11-24-18)14-4-6-15(23-3)7-5-14/h4-7,10-11,19H,8-9H2,1-3H3. The SMILES string of the molecule is COc1ccc(-c2csc(CCNS(=O)(=O)c3cc(C)sc3C)n2)cc1. The third kappa shape index (κ3) is 4.32. The van der Waals surface area contributed by atoms with E-state index in [9.17, 15) is 8.42 Å². The van der Waals surface area contributed by atoms with Gasteiger partial charge in [-0.2, -0.15) is 0 Å². The first kappa shape index (κ1) is 19.0. The molecule has 1 N–H and O–H groups in total. The van der Waals surface area contributed by atoms with Crippen LogP contribution in [0.1, 0.15) is 14.8 Å². The van der Waals surface area contributed by atoms with Gasteiger partial charge in [-0.05, 0) is 44.2 Å². The topological polar surface area (TPSA) is 68.3 Å². The molecule has 0 spiro atoms. The Labute approximate surface area is 161 Å². The number of hydrogen-bond acceptors (Lipinski definition) is 6. The van der Waals surface area contributed by atoms with E-state index in [4.69, 9.17) is 4.74 Å². The summed E-state index contributed by atoms with van der Waals surface area (Å²) in [5.41, 5.74) is 1.90. The summed E-state index contributed by atoms with van der Waals surface area (Å²) in [6.07, 6.45) is 0.558. The number of rotatable bonds is 7. The van der Waals surface area contributed by atoms with Gasteiger partial charge in [-0.3, -0.25) is 0 Å². The zero-order chi connectivity index (χ0) is 18.7. The maximum Gasteiger partial charge on any atom is 0.241 e. The predicted octanol–water partition coefficient (Wildman–Crippen LogP) is 4.02. The van der Waals surface area contributed by atoms with Crippen LogP contribution in [0.3, 0.4) is 0 Å². The Hall–Kier alpha value is -1.74. The summed E-state index contributed by atoms with van der Waals surface area (Å²) in [6, 6.07) is 9.43. The molecule has 0 radical (unpaired) electrons. The molecule has 3 rings (SSSR count). The van der Waals surface area contributed by atoms with E-state index in [1.54, 1.807) is 13.2 Å². The average molecular weight is 409 g/mol. The second-order valence-electron chi connectivity index (χ2n) is 5.78. The van der Waals surface area contributed by atoms with Crippen molar-refractivity contribution in [2.24, 2.45) is 0 Å². The third-order valence-electron chi connectivity index (χ3n) is 3.85. The molecule has 0 atom stereocenters. The van der Waals surface area contributed by atoms with E-state index in [0.29, 0.717) is 17.9 Å². The van der Waals surface area contributed by atoms with Crippen molar-refractivity contribution in [3.63, 3.8) is 0 Å². The molecule has 2 heterocycles. The van der Waals surface area contributed by atoms with Crippen molar-refractivity contribution in [3.8, 4) is 17.0 Å². The van der Waals surface area contributed by atoms with Crippen LogP contribution in [0.5, 0.6) is 5.75 Å². The summed E-state index contributed by atoms with van der Waals surface area (Å²) in [4.78, 5) is 6.77. The first-order valence-electron chi connectivity index (χ1n) is 8.04. The molecule has 5 nitrogen and oxygen atoms in total. The van der Waals surface area contributed by atoms with Gasteiger partial charge in [0.1, 0.15) is 5.75 Å². The van der Waals surface area contributed by atoms with Gasteiger partial charge in [-0.15, -0.1) is 22.7 Å². The number of aromatic nitrogens is 1. The van der Waals surface area contributed by atoms with Crippen LogP contribution in [0.15, 0.2) is 40.6 Å². The van der Waals surface area contributed by atoms with Crippen molar-refractivity contribution in [2.75, 3.05) is 13.7 Å². The van der Waals surface area contributed by atoms with Crippen LogP contribution in [-0.2, 0) is 16.4 Å². The molecule has 138 valence electrons. The van der Waals surface area contributed by atoms with Crippen LogP contribution in [0.4, 0.5) is 0 Å². The van der Waals surface area contributed by atoms with E-state index in [0.717, 1.165) is 31.8 Å². The minimum Gasteiger partial charge on any atom is -0.497 e. The van der Waals surface area contributed by atoms with E-state index in [-0.39, 0.29) is 0 Å². The highest BCUT2D eigenvalue weighted by atomic mass is 32.2. The molecule has 8 heteroatoms. The van der Waals surface area contributed by atoms with E-state index in [1.807, 2.05) is 43.5 Å². The molecule has 0 saturated heterocycles. The Kier molecular flexibility index (Phi) is 5.76. The normalized spacial score (nSPS) is 11.7. The lowest BCUT2D eigenvalue weighted by Gasteiger charge is -2.05. The van der Waals surface area contributed by atoms with Gasteiger partial charge >= 0.3 is 0 Å². The number of aryl methyl sites for hydroxylation is 2. The number of thiophene rings is 1. The van der Waals surface area contributed by atoms with Crippen molar-refractivity contribution in [3.05, 3.63) is 50.5 Å². The number of methoxy groups -OCH3 is 1. The first-order chi connectivity index (χ1) is 12.4. The lowest BCUT2D eigenvalue weighted by atomic mass is 10.2. The van der Waals surface area contributed by atoms with Gasteiger partial charge in [0, 0.05) is 33.7 Å². The van der Waals surface area contributed by atoms with Crippen molar-refractivity contribution in [1.29, 1.82) is 0 Å². The minimum atomic E-state index is -3.47. The Morgan fingerprint density at radius 2 is 1.92 bits per heavy atom. The van der Waals surface area contributed by atoms with Crippen LogP contribution >= 0.6 is 22.7 Å². The number of ether oxygens (including phenoxy) is 1. The molecule has 0 bridgehead atoms. The van der Waals surface area contributed by atoms with Crippen LogP contribution in [0.25, 0.3) is 11.3 Å². The quantitative estimate of drug-likeness (QED) is 0.641. The van der Waals surface area contributed by atoms with Gasteiger partial charge in [-0.1, -0.05) is 0 Å². The van der Waals surface area contributed by atoms with E-state index >= 15 is 0 Å². The molecule has 0 aliphatic heterocycles. The highest BCUT2D eigenvalue weighted by Crippen LogP contribution is 2.26. The molecular weight excluding hydrogens is 388 g/mol. The first-order valence-corrected chi connectivity index (χ1v) is 11.2. The third-order valence-corrected chi connectivity index (χ3v) is 7.44. The van der Waals surface area contributed by atoms with Gasteiger partial charge in [0.05, 0.1) is 22.7 Å². The van der Waals surface area contributed by atoms with Crippen molar-refractivity contribution < 1.29 is 13.2 Å². The molecule has 0 fully saturated rings. The Balaban J connectivity index is 1.62. The lowest BCUT2D eigenvalue weighted by molar-refractivity contribution is 0.415. The van der Waals surface area contributed by atoms with Gasteiger partial charge in [-0.25, -0.2) is 18.1 Å². The summed E-state index contributed by atoms with van der Waals surface area (Å²) in [6.45, 7) is 4.06. The molecule has 0 saturated carbocycles. The Bertz CT molecular complexity index is 989. The van der Waals surface area contributed by atoms with E-state index in [2.05, 4.69) is 9.71 Å². The van der Waals surface area contributed by atoms with Crippen molar-refractivity contribution in [2.45, 2.75) is 25.2 Å². The van der Waals surface area contributed by atoms with Gasteiger partial charge < -0.3 is 4.74 Å². The number of nitrogens with one attached hydrogen (secondary N) is 1. The molecule has 0 amide bonds. The maximum absolute atomic E-state index is 12.4. The Morgan fingerprint density at radius 1 is 1.19 bits per heavy atom. The van der Waals surface area contributed by atoms with Gasteiger partial charge in [0.25, 0.3) is 0 Å². The number of nitrogens with zero attached hydrogens (tertiary/aromatic N) is 1. The maximum atomic E-state index is 12.4. The van der Waals surface area contributed by atoms with E-state index < -0.39 is 10.0 Å². The number of hydrogen-bond donors (Lipinski definition) is 1. The minimum absolute atomic E-state index is 0.326. The summed E-state index contributed by atoms with van der Waals surface area (Å²) in [5, 5.41) is 2.88. The Morgan fingerprint density at radius 3 is 2.54 bits per heavy atom. The molecule has 0 aliphatic rings.